The van der Waals surface area contributed by atoms with Crippen molar-refractivity contribution < 1.29 is 4.42 Å². The zero-order valence-electron chi connectivity index (χ0n) is 8.44. The molecule has 16 heavy (non-hydrogen) atoms. The summed E-state index contributed by atoms with van der Waals surface area (Å²) in [4.78, 5) is 14.2. The molecule has 3 rings (SSSR count). The lowest BCUT2D eigenvalue weighted by atomic mass is 10.1. The van der Waals surface area contributed by atoms with Gasteiger partial charge in [-0.1, -0.05) is 0 Å². The van der Waals surface area contributed by atoms with Crippen LogP contribution in [0.5, 0.6) is 0 Å². The smallest absolute Gasteiger partial charge is 0.336 e. The highest BCUT2D eigenvalue weighted by atomic mass is 16.4. The van der Waals surface area contributed by atoms with Crippen molar-refractivity contribution in [1.29, 1.82) is 0 Å². The monoisotopic (exact) mass is 211 g/mol. The number of aromatic nitrogens is 1. The van der Waals surface area contributed by atoms with Crippen molar-refractivity contribution >= 4 is 11.0 Å². The van der Waals surface area contributed by atoms with Crippen LogP contribution in [0.4, 0.5) is 0 Å². The van der Waals surface area contributed by atoms with Gasteiger partial charge in [-0.15, -0.1) is 0 Å². The fourth-order valence-corrected chi connectivity index (χ4v) is 1.75. The molecule has 3 nitrogen and oxygen atoms in total. The van der Waals surface area contributed by atoms with E-state index in [0.29, 0.717) is 5.58 Å². The molecule has 0 aliphatic heterocycles. The van der Waals surface area contributed by atoms with Crippen molar-refractivity contribution in [3.63, 3.8) is 0 Å². The average Bonchev–Trinajstić information content (AvgIpc) is 2.82. The molecule has 0 spiro atoms. The molecule has 0 bridgehead atoms. The van der Waals surface area contributed by atoms with Crippen molar-refractivity contribution in [3.05, 3.63) is 59.1 Å². The van der Waals surface area contributed by atoms with Crippen LogP contribution in [0, 0.1) is 0 Å². The highest BCUT2D eigenvalue weighted by Gasteiger charge is 2.01. The highest BCUT2D eigenvalue weighted by Crippen LogP contribution is 2.21. The lowest BCUT2D eigenvalue weighted by Gasteiger charge is -2.00. The van der Waals surface area contributed by atoms with Crippen LogP contribution in [-0.2, 0) is 0 Å². The predicted octanol–water partition coefficient (Wildman–Crippen LogP) is 2.79. The molecule has 78 valence electrons. The minimum atomic E-state index is -0.319. The van der Waals surface area contributed by atoms with Gasteiger partial charge in [0.25, 0.3) is 0 Å². The summed E-state index contributed by atoms with van der Waals surface area (Å²) in [7, 11) is 0. The summed E-state index contributed by atoms with van der Waals surface area (Å²) in [5.41, 5.74) is 2.42. The molecule has 0 aliphatic rings. The number of nitrogens with one attached hydrogen (secondary N) is 1. The van der Waals surface area contributed by atoms with Crippen LogP contribution in [0.3, 0.4) is 0 Å². The Bertz CT molecular complexity index is 680. The summed E-state index contributed by atoms with van der Waals surface area (Å²) in [6.07, 6.45) is 1.88. The average molecular weight is 211 g/mol. The number of benzene rings is 1. The molecular formula is C13H9NO2. The first-order chi connectivity index (χ1) is 7.83. The molecule has 2 heterocycles. The van der Waals surface area contributed by atoms with Gasteiger partial charge in [0.2, 0.25) is 0 Å². The molecule has 0 saturated heterocycles. The van der Waals surface area contributed by atoms with E-state index in [2.05, 4.69) is 4.98 Å². The molecule has 1 aromatic carbocycles. The van der Waals surface area contributed by atoms with E-state index in [1.807, 2.05) is 36.5 Å². The molecule has 0 aliphatic carbocycles. The van der Waals surface area contributed by atoms with E-state index in [1.165, 1.54) is 6.07 Å². The van der Waals surface area contributed by atoms with E-state index >= 15 is 0 Å². The van der Waals surface area contributed by atoms with Crippen molar-refractivity contribution in [2.24, 2.45) is 0 Å². The number of rotatable bonds is 1. The van der Waals surface area contributed by atoms with Gasteiger partial charge in [0.1, 0.15) is 5.58 Å². The van der Waals surface area contributed by atoms with Crippen LogP contribution in [0.25, 0.3) is 22.2 Å². The van der Waals surface area contributed by atoms with E-state index in [4.69, 9.17) is 4.42 Å². The highest BCUT2D eigenvalue weighted by molar-refractivity contribution is 5.82. The Hall–Kier alpha value is -2.29. The predicted molar refractivity (Wildman–Crippen MR) is 62.3 cm³/mol. The van der Waals surface area contributed by atoms with Crippen LogP contribution in [0.2, 0.25) is 0 Å². The zero-order chi connectivity index (χ0) is 11.0. The SMILES string of the molecule is O=c1ccc2cc(-c3ccc[nH]3)ccc2o1. The van der Waals surface area contributed by atoms with Gasteiger partial charge in [0.15, 0.2) is 0 Å². The maximum Gasteiger partial charge on any atom is 0.336 e. The first kappa shape index (κ1) is 8.97. The van der Waals surface area contributed by atoms with E-state index in [-0.39, 0.29) is 5.63 Å². The number of aromatic amines is 1. The van der Waals surface area contributed by atoms with Crippen molar-refractivity contribution in [2.75, 3.05) is 0 Å². The van der Waals surface area contributed by atoms with Gasteiger partial charge in [-0.05, 0) is 42.0 Å². The largest absolute Gasteiger partial charge is 0.423 e. The third-order valence-electron chi connectivity index (χ3n) is 2.53. The topological polar surface area (TPSA) is 46.0 Å². The normalized spacial score (nSPS) is 10.8. The van der Waals surface area contributed by atoms with Crippen molar-refractivity contribution in [1.82, 2.24) is 4.98 Å². The fourth-order valence-electron chi connectivity index (χ4n) is 1.75. The van der Waals surface area contributed by atoms with Gasteiger partial charge in [0.05, 0.1) is 0 Å². The number of hydrogen-bond donors (Lipinski definition) is 1. The van der Waals surface area contributed by atoms with E-state index in [0.717, 1.165) is 16.6 Å². The Kier molecular flexibility index (Phi) is 1.90. The number of fused-ring (bicyclic) bond motifs is 1. The number of hydrogen-bond acceptors (Lipinski definition) is 2. The molecule has 0 fully saturated rings. The van der Waals surface area contributed by atoms with Crippen molar-refractivity contribution in [2.45, 2.75) is 0 Å². The quantitative estimate of drug-likeness (QED) is 0.629. The Labute approximate surface area is 91.3 Å². The Morgan fingerprint density at radius 3 is 2.81 bits per heavy atom. The van der Waals surface area contributed by atoms with Crippen LogP contribution in [0.1, 0.15) is 0 Å². The molecule has 0 atom stereocenters. The molecule has 2 aromatic heterocycles. The maximum atomic E-state index is 11.0. The number of H-pyrrole nitrogens is 1. The maximum absolute atomic E-state index is 11.0. The molecule has 0 radical (unpaired) electrons. The molecule has 3 aromatic rings. The molecule has 0 saturated carbocycles. The van der Waals surface area contributed by atoms with Gasteiger partial charge in [0, 0.05) is 23.3 Å². The molecule has 0 unspecified atom stereocenters. The first-order valence-corrected chi connectivity index (χ1v) is 5.01. The van der Waals surface area contributed by atoms with Gasteiger partial charge >= 0.3 is 5.63 Å². The molecule has 0 amide bonds. The van der Waals surface area contributed by atoms with Gasteiger partial charge < -0.3 is 9.40 Å². The molecular weight excluding hydrogens is 202 g/mol. The Balaban J connectivity index is 2.24. The lowest BCUT2D eigenvalue weighted by Crippen LogP contribution is -1.94. The van der Waals surface area contributed by atoms with Crippen molar-refractivity contribution in [3.8, 4) is 11.3 Å². The van der Waals surface area contributed by atoms with Crippen LogP contribution in [0.15, 0.2) is 57.9 Å². The van der Waals surface area contributed by atoms with Crippen LogP contribution in [-0.4, -0.2) is 4.98 Å². The third-order valence-corrected chi connectivity index (χ3v) is 2.53. The zero-order valence-corrected chi connectivity index (χ0v) is 8.44. The molecule has 1 N–H and O–H groups in total. The van der Waals surface area contributed by atoms with Gasteiger partial charge in [-0.25, -0.2) is 4.79 Å². The lowest BCUT2D eigenvalue weighted by molar-refractivity contribution is 0.561. The van der Waals surface area contributed by atoms with Crippen LogP contribution >= 0.6 is 0 Å². The second-order valence-corrected chi connectivity index (χ2v) is 3.59. The Morgan fingerprint density at radius 1 is 1.06 bits per heavy atom. The summed E-state index contributed by atoms with van der Waals surface area (Å²) in [5, 5.41) is 0.923. The second kappa shape index (κ2) is 3.38. The standard InChI is InChI=1S/C13H9NO2/c15-13-6-4-10-8-9(3-5-12(10)16-13)11-2-1-7-14-11/h1-8,14H. The minimum Gasteiger partial charge on any atom is -0.423 e. The second-order valence-electron chi connectivity index (χ2n) is 3.59. The fraction of sp³-hybridized carbons (Fsp3) is 0. The summed E-state index contributed by atoms with van der Waals surface area (Å²) in [6.45, 7) is 0. The summed E-state index contributed by atoms with van der Waals surface area (Å²) >= 11 is 0. The first-order valence-electron chi connectivity index (χ1n) is 5.01. The van der Waals surface area contributed by atoms with E-state index < -0.39 is 0 Å². The van der Waals surface area contributed by atoms with E-state index in [9.17, 15) is 4.79 Å². The summed E-state index contributed by atoms with van der Waals surface area (Å²) < 4.78 is 5.07. The van der Waals surface area contributed by atoms with E-state index in [1.54, 1.807) is 6.07 Å². The molecule has 3 heteroatoms. The van der Waals surface area contributed by atoms with Gasteiger partial charge in [-0.2, -0.15) is 0 Å². The summed E-state index contributed by atoms with van der Waals surface area (Å²) in [6, 6.07) is 12.9. The minimum absolute atomic E-state index is 0.319. The summed E-state index contributed by atoms with van der Waals surface area (Å²) in [5.74, 6) is 0. The third kappa shape index (κ3) is 1.42. The van der Waals surface area contributed by atoms with Crippen LogP contribution < -0.4 is 5.63 Å². The van der Waals surface area contributed by atoms with Gasteiger partial charge in [-0.3, -0.25) is 0 Å². The Morgan fingerprint density at radius 2 is 2.00 bits per heavy atom.